The summed E-state index contributed by atoms with van der Waals surface area (Å²) in [5, 5.41) is 15.5. The molecule has 8 nitrogen and oxygen atoms in total. The van der Waals surface area contributed by atoms with E-state index in [1.807, 2.05) is 0 Å². The summed E-state index contributed by atoms with van der Waals surface area (Å²) in [6.07, 6.45) is 0.356. The Bertz CT molecular complexity index is 641. The van der Waals surface area contributed by atoms with Gasteiger partial charge in [0.15, 0.2) is 0 Å². The summed E-state index contributed by atoms with van der Waals surface area (Å²) in [4.78, 5) is 45.0. The van der Waals surface area contributed by atoms with Gasteiger partial charge in [-0.1, -0.05) is 6.07 Å². The number of piperidine rings is 1. The van der Waals surface area contributed by atoms with E-state index in [-0.39, 0.29) is 35.6 Å². The largest absolute Gasteiger partial charge is 0.340 e. The number of hydrogen-bond donors (Lipinski definition) is 2. The monoisotopic (exact) mass is 291 g/mol. The maximum Gasteiger partial charge on any atom is 0.273 e. The summed E-state index contributed by atoms with van der Waals surface area (Å²) >= 11 is 0. The Labute approximate surface area is 119 Å². The highest BCUT2D eigenvalue weighted by Crippen LogP contribution is 2.21. The fourth-order valence-electron chi connectivity index (χ4n) is 2.13. The Balaban J connectivity index is 2.18. The first-order chi connectivity index (χ1) is 9.90. The molecule has 1 aromatic rings. The molecule has 8 heteroatoms. The third-order valence-corrected chi connectivity index (χ3v) is 3.29. The van der Waals surface area contributed by atoms with Crippen LogP contribution in [0.5, 0.6) is 0 Å². The third-order valence-electron chi connectivity index (χ3n) is 3.29. The average Bonchev–Trinajstić information content (AvgIpc) is 2.41. The van der Waals surface area contributed by atoms with Crippen LogP contribution in [0.25, 0.3) is 0 Å². The number of hydrogen-bond acceptors (Lipinski definition) is 5. The number of imide groups is 1. The number of rotatable bonds is 3. The third kappa shape index (κ3) is 3.04. The minimum absolute atomic E-state index is 0.133. The second-order valence-electron chi connectivity index (χ2n) is 4.68. The van der Waals surface area contributed by atoms with Crippen LogP contribution < -0.4 is 10.6 Å². The Kier molecular flexibility index (Phi) is 3.97. The van der Waals surface area contributed by atoms with Gasteiger partial charge in [0, 0.05) is 23.6 Å². The molecule has 2 rings (SSSR count). The van der Waals surface area contributed by atoms with E-state index in [0.29, 0.717) is 0 Å². The molecule has 1 aliphatic heterocycles. The van der Waals surface area contributed by atoms with Crippen molar-refractivity contribution in [2.24, 2.45) is 0 Å². The van der Waals surface area contributed by atoms with E-state index in [1.54, 1.807) is 0 Å². The van der Waals surface area contributed by atoms with Crippen molar-refractivity contribution >= 4 is 23.4 Å². The molecule has 0 radical (unpaired) electrons. The summed E-state index contributed by atoms with van der Waals surface area (Å²) in [6.45, 7) is 1.47. The van der Waals surface area contributed by atoms with E-state index < -0.39 is 22.8 Å². The minimum atomic E-state index is -0.811. The first kappa shape index (κ1) is 14.6. The van der Waals surface area contributed by atoms with Gasteiger partial charge in [0.1, 0.15) is 6.04 Å². The van der Waals surface area contributed by atoms with E-state index in [2.05, 4.69) is 10.6 Å². The molecular formula is C13H13N3O5. The first-order valence-corrected chi connectivity index (χ1v) is 6.28. The molecule has 21 heavy (non-hydrogen) atoms. The van der Waals surface area contributed by atoms with E-state index >= 15 is 0 Å². The molecule has 0 bridgehead atoms. The second-order valence-corrected chi connectivity index (χ2v) is 4.68. The van der Waals surface area contributed by atoms with Gasteiger partial charge in [-0.15, -0.1) is 0 Å². The zero-order chi connectivity index (χ0) is 15.6. The maximum absolute atomic E-state index is 12.1. The smallest absolute Gasteiger partial charge is 0.273 e. The predicted octanol–water partition coefficient (Wildman–Crippen LogP) is 0.438. The van der Waals surface area contributed by atoms with Crippen molar-refractivity contribution in [2.45, 2.75) is 25.8 Å². The van der Waals surface area contributed by atoms with Crippen molar-refractivity contribution < 1.29 is 19.3 Å². The number of nitrogens with one attached hydrogen (secondary N) is 2. The molecule has 110 valence electrons. The minimum Gasteiger partial charge on any atom is -0.340 e. The van der Waals surface area contributed by atoms with Crippen molar-refractivity contribution in [1.82, 2.24) is 10.6 Å². The number of nitrogens with zero attached hydrogens (tertiary/aromatic N) is 1. The molecule has 0 spiro atoms. The van der Waals surface area contributed by atoms with Crippen molar-refractivity contribution in [2.75, 3.05) is 0 Å². The lowest BCUT2D eigenvalue weighted by Gasteiger charge is -2.22. The topological polar surface area (TPSA) is 118 Å². The van der Waals surface area contributed by atoms with Gasteiger partial charge in [-0.3, -0.25) is 29.8 Å². The lowest BCUT2D eigenvalue weighted by Crippen LogP contribution is -2.52. The SMILES string of the molecule is Cc1c(C(=O)NC2CCC(=O)NC2=O)cccc1[N+](=O)[O-]. The molecule has 2 N–H and O–H groups in total. The fourth-order valence-corrected chi connectivity index (χ4v) is 2.13. The maximum atomic E-state index is 12.1. The van der Waals surface area contributed by atoms with Crippen molar-refractivity contribution in [3.63, 3.8) is 0 Å². The van der Waals surface area contributed by atoms with Crippen LogP contribution in [-0.4, -0.2) is 28.7 Å². The quantitative estimate of drug-likeness (QED) is 0.476. The fraction of sp³-hybridized carbons (Fsp3) is 0.308. The molecular weight excluding hydrogens is 278 g/mol. The lowest BCUT2D eigenvalue weighted by atomic mass is 10.0. The van der Waals surface area contributed by atoms with Gasteiger partial charge in [-0.25, -0.2) is 0 Å². The molecule has 0 saturated carbocycles. The van der Waals surface area contributed by atoms with E-state index in [0.717, 1.165) is 0 Å². The molecule has 1 aromatic carbocycles. The number of nitro benzene ring substituents is 1. The highest BCUT2D eigenvalue weighted by molar-refractivity contribution is 6.04. The van der Waals surface area contributed by atoms with Gasteiger partial charge in [0.2, 0.25) is 11.8 Å². The van der Waals surface area contributed by atoms with Gasteiger partial charge in [0.05, 0.1) is 4.92 Å². The predicted molar refractivity (Wildman–Crippen MR) is 71.5 cm³/mol. The Morgan fingerprint density at radius 2 is 2.14 bits per heavy atom. The highest BCUT2D eigenvalue weighted by Gasteiger charge is 2.29. The first-order valence-electron chi connectivity index (χ1n) is 6.28. The van der Waals surface area contributed by atoms with E-state index in [4.69, 9.17) is 0 Å². The molecule has 1 heterocycles. The molecule has 1 unspecified atom stereocenters. The summed E-state index contributed by atoms with van der Waals surface area (Å²) in [5.74, 6) is -1.52. The molecule has 1 atom stereocenters. The van der Waals surface area contributed by atoms with Crippen LogP contribution in [0.3, 0.4) is 0 Å². The molecule has 1 fully saturated rings. The molecule has 1 aliphatic rings. The van der Waals surface area contributed by atoms with Crippen LogP contribution in [0.2, 0.25) is 0 Å². The van der Waals surface area contributed by atoms with Crippen molar-refractivity contribution in [3.8, 4) is 0 Å². The molecule has 1 saturated heterocycles. The number of amides is 3. The summed E-state index contributed by atoms with van der Waals surface area (Å²) < 4.78 is 0. The van der Waals surface area contributed by atoms with Crippen LogP contribution in [0.15, 0.2) is 18.2 Å². The summed E-state index contributed by atoms with van der Waals surface area (Å²) in [6, 6.07) is 3.35. The van der Waals surface area contributed by atoms with Gasteiger partial charge >= 0.3 is 0 Å². The van der Waals surface area contributed by atoms with Crippen LogP contribution in [0, 0.1) is 17.0 Å². The molecule has 0 aromatic heterocycles. The lowest BCUT2D eigenvalue weighted by molar-refractivity contribution is -0.385. The van der Waals surface area contributed by atoms with Crippen molar-refractivity contribution in [3.05, 3.63) is 39.4 Å². The number of carbonyl (C=O) groups excluding carboxylic acids is 3. The zero-order valence-corrected chi connectivity index (χ0v) is 11.2. The molecule has 0 aliphatic carbocycles. The second kappa shape index (κ2) is 5.70. The Morgan fingerprint density at radius 3 is 2.76 bits per heavy atom. The van der Waals surface area contributed by atoms with Crippen molar-refractivity contribution in [1.29, 1.82) is 0 Å². The van der Waals surface area contributed by atoms with E-state index in [9.17, 15) is 24.5 Å². The van der Waals surface area contributed by atoms with Crippen LogP contribution in [0.4, 0.5) is 5.69 Å². The summed E-state index contributed by atoms with van der Waals surface area (Å²) in [5.41, 5.74) is 0.201. The van der Waals surface area contributed by atoms with Gasteiger partial charge < -0.3 is 5.32 Å². The van der Waals surface area contributed by atoms with Gasteiger partial charge in [-0.2, -0.15) is 0 Å². The average molecular weight is 291 g/mol. The van der Waals surface area contributed by atoms with E-state index in [1.165, 1.54) is 25.1 Å². The Hall–Kier alpha value is -2.77. The summed E-state index contributed by atoms with van der Waals surface area (Å²) in [7, 11) is 0. The van der Waals surface area contributed by atoms with Gasteiger partial charge in [-0.05, 0) is 19.4 Å². The standard InChI is InChI=1S/C13H13N3O5/c1-7-8(3-2-4-10(7)16(20)21)12(18)14-9-5-6-11(17)15-13(9)19/h2-4,9H,5-6H2,1H3,(H,14,18)(H,15,17,19). The van der Waals surface area contributed by atoms with Gasteiger partial charge in [0.25, 0.3) is 11.6 Å². The Morgan fingerprint density at radius 1 is 1.43 bits per heavy atom. The van der Waals surface area contributed by atoms with Crippen LogP contribution in [-0.2, 0) is 9.59 Å². The number of benzene rings is 1. The highest BCUT2D eigenvalue weighted by atomic mass is 16.6. The van der Waals surface area contributed by atoms with Crippen LogP contribution >= 0.6 is 0 Å². The number of nitro groups is 1. The van der Waals surface area contributed by atoms with Crippen LogP contribution in [0.1, 0.15) is 28.8 Å². The zero-order valence-electron chi connectivity index (χ0n) is 11.2. The molecule has 3 amide bonds. The normalized spacial score (nSPS) is 18.0. The number of carbonyl (C=O) groups is 3.